The van der Waals surface area contributed by atoms with Gasteiger partial charge in [0.2, 0.25) is 0 Å². The first-order chi connectivity index (χ1) is 7.28. The number of amides is 2. The van der Waals surface area contributed by atoms with E-state index in [1.165, 1.54) is 6.42 Å². The van der Waals surface area contributed by atoms with Crippen LogP contribution in [0.2, 0.25) is 0 Å². The summed E-state index contributed by atoms with van der Waals surface area (Å²) in [5.74, 6) is 0.679. The molecule has 0 aliphatic carbocycles. The highest BCUT2D eigenvalue weighted by Gasteiger charge is 2.29. The second-order valence-electron chi connectivity index (χ2n) is 6.47. The highest BCUT2D eigenvalue weighted by Crippen LogP contribution is 2.30. The van der Waals surface area contributed by atoms with Gasteiger partial charge in [-0.05, 0) is 38.0 Å². The molecule has 0 aromatic heterocycles. The maximum absolute atomic E-state index is 11.8. The van der Waals surface area contributed by atoms with E-state index in [4.69, 9.17) is 0 Å². The molecule has 1 rings (SSSR count). The Balaban J connectivity index is 2.38. The van der Waals surface area contributed by atoms with Gasteiger partial charge in [-0.1, -0.05) is 20.8 Å². The lowest BCUT2D eigenvalue weighted by molar-refractivity contribution is 0.201. The van der Waals surface area contributed by atoms with Crippen LogP contribution in [0.5, 0.6) is 0 Å². The molecule has 2 amide bonds. The zero-order valence-corrected chi connectivity index (χ0v) is 11.3. The lowest BCUT2D eigenvalue weighted by Gasteiger charge is -2.23. The fraction of sp³-hybridized carbons (Fsp3) is 0.923. The Labute approximate surface area is 99.6 Å². The van der Waals surface area contributed by atoms with E-state index >= 15 is 0 Å². The van der Waals surface area contributed by atoms with Crippen molar-refractivity contribution in [2.75, 3.05) is 13.1 Å². The third kappa shape index (κ3) is 4.42. The minimum atomic E-state index is 0.103. The second-order valence-corrected chi connectivity index (χ2v) is 6.47. The van der Waals surface area contributed by atoms with Crippen molar-refractivity contribution in [3.05, 3.63) is 0 Å². The number of nitrogens with zero attached hydrogens (tertiary/aromatic N) is 1. The standard InChI is InChI=1S/C13H26N2O/c1-10(2)14-12(16)15-7-6-11(9-15)8-13(3,4)5/h10-11H,6-9H2,1-5H3,(H,14,16). The summed E-state index contributed by atoms with van der Waals surface area (Å²) in [6, 6.07) is 0.334. The van der Waals surface area contributed by atoms with Crippen LogP contribution in [0, 0.1) is 11.3 Å². The van der Waals surface area contributed by atoms with Gasteiger partial charge in [0.05, 0.1) is 0 Å². The number of likely N-dealkylation sites (tertiary alicyclic amines) is 1. The van der Waals surface area contributed by atoms with Crippen molar-refractivity contribution < 1.29 is 4.79 Å². The number of rotatable bonds is 2. The largest absolute Gasteiger partial charge is 0.336 e. The monoisotopic (exact) mass is 226 g/mol. The Morgan fingerprint density at radius 1 is 1.44 bits per heavy atom. The van der Waals surface area contributed by atoms with Gasteiger partial charge in [-0.15, -0.1) is 0 Å². The highest BCUT2D eigenvalue weighted by molar-refractivity contribution is 5.74. The molecular formula is C13H26N2O. The fourth-order valence-electron chi connectivity index (χ4n) is 2.39. The Morgan fingerprint density at radius 2 is 2.06 bits per heavy atom. The van der Waals surface area contributed by atoms with Crippen LogP contribution in [0.4, 0.5) is 4.79 Å². The van der Waals surface area contributed by atoms with Gasteiger partial charge in [0.25, 0.3) is 0 Å². The summed E-state index contributed by atoms with van der Waals surface area (Å²) in [5.41, 5.74) is 0.370. The van der Waals surface area contributed by atoms with Crippen LogP contribution >= 0.6 is 0 Å². The van der Waals surface area contributed by atoms with E-state index in [0.29, 0.717) is 11.3 Å². The van der Waals surface area contributed by atoms with E-state index in [1.807, 2.05) is 18.7 Å². The van der Waals surface area contributed by atoms with Crippen molar-refractivity contribution in [3.63, 3.8) is 0 Å². The van der Waals surface area contributed by atoms with Crippen LogP contribution in [-0.2, 0) is 0 Å². The van der Waals surface area contributed by atoms with Gasteiger partial charge in [0.1, 0.15) is 0 Å². The summed E-state index contributed by atoms with van der Waals surface area (Å²) in [7, 11) is 0. The average molecular weight is 226 g/mol. The van der Waals surface area contributed by atoms with Crippen LogP contribution in [0.3, 0.4) is 0 Å². The summed E-state index contributed by atoms with van der Waals surface area (Å²) in [4.78, 5) is 13.7. The third-order valence-corrected chi connectivity index (χ3v) is 2.89. The van der Waals surface area contributed by atoms with Gasteiger partial charge in [0.15, 0.2) is 0 Å². The smallest absolute Gasteiger partial charge is 0.317 e. The van der Waals surface area contributed by atoms with E-state index in [-0.39, 0.29) is 12.1 Å². The van der Waals surface area contributed by atoms with Crippen molar-refractivity contribution in [3.8, 4) is 0 Å². The van der Waals surface area contributed by atoms with E-state index in [1.54, 1.807) is 0 Å². The molecule has 1 saturated heterocycles. The molecule has 1 fully saturated rings. The molecule has 94 valence electrons. The Bertz CT molecular complexity index is 243. The Kier molecular flexibility index (Phi) is 4.22. The van der Waals surface area contributed by atoms with Crippen LogP contribution in [0.1, 0.15) is 47.5 Å². The molecule has 1 N–H and O–H groups in total. The quantitative estimate of drug-likeness (QED) is 0.771. The number of carbonyl (C=O) groups is 1. The topological polar surface area (TPSA) is 32.3 Å². The average Bonchev–Trinajstić information content (AvgIpc) is 2.48. The molecule has 0 saturated carbocycles. The lowest BCUT2D eigenvalue weighted by Crippen LogP contribution is -2.41. The lowest BCUT2D eigenvalue weighted by atomic mass is 9.84. The summed E-state index contributed by atoms with van der Waals surface area (Å²) >= 11 is 0. The molecule has 0 aromatic carbocycles. The molecule has 0 spiro atoms. The molecule has 1 aliphatic rings. The first-order valence-corrected chi connectivity index (χ1v) is 6.33. The second kappa shape index (κ2) is 5.07. The van der Waals surface area contributed by atoms with Crippen LogP contribution in [-0.4, -0.2) is 30.1 Å². The van der Waals surface area contributed by atoms with Crippen molar-refractivity contribution in [2.24, 2.45) is 11.3 Å². The number of hydrogen-bond donors (Lipinski definition) is 1. The summed E-state index contributed by atoms with van der Waals surface area (Å²) in [6.07, 6.45) is 2.36. The first-order valence-electron chi connectivity index (χ1n) is 6.33. The third-order valence-electron chi connectivity index (χ3n) is 2.89. The zero-order chi connectivity index (χ0) is 12.3. The van der Waals surface area contributed by atoms with E-state index < -0.39 is 0 Å². The van der Waals surface area contributed by atoms with Gasteiger partial charge in [-0.2, -0.15) is 0 Å². The number of nitrogens with one attached hydrogen (secondary N) is 1. The van der Waals surface area contributed by atoms with Gasteiger partial charge in [0, 0.05) is 19.1 Å². The molecule has 1 atom stereocenters. The van der Waals surface area contributed by atoms with Crippen LogP contribution < -0.4 is 5.32 Å². The highest BCUT2D eigenvalue weighted by atomic mass is 16.2. The Morgan fingerprint density at radius 3 is 2.56 bits per heavy atom. The molecule has 0 aromatic rings. The van der Waals surface area contributed by atoms with E-state index in [9.17, 15) is 4.79 Å². The normalized spacial score (nSPS) is 21.6. The molecule has 3 nitrogen and oxygen atoms in total. The van der Waals surface area contributed by atoms with Gasteiger partial charge in [-0.25, -0.2) is 4.79 Å². The number of carbonyl (C=O) groups excluding carboxylic acids is 1. The van der Waals surface area contributed by atoms with Crippen LogP contribution in [0.15, 0.2) is 0 Å². The number of hydrogen-bond acceptors (Lipinski definition) is 1. The molecule has 0 bridgehead atoms. The molecule has 0 radical (unpaired) electrons. The molecule has 1 heterocycles. The van der Waals surface area contributed by atoms with Gasteiger partial charge < -0.3 is 10.2 Å². The van der Waals surface area contributed by atoms with E-state index in [0.717, 1.165) is 19.5 Å². The summed E-state index contributed by atoms with van der Waals surface area (Å²) in [5, 5.41) is 2.96. The maximum atomic E-state index is 11.8. The van der Waals surface area contributed by atoms with Gasteiger partial charge in [-0.3, -0.25) is 0 Å². The van der Waals surface area contributed by atoms with Crippen LogP contribution in [0.25, 0.3) is 0 Å². The summed E-state index contributed by atoms with van der Waals surface area (Å²) in [6.45, 7) is 12.6. The molecule has 16 heavy (non-hydrogen) atoms. The Hall–Kier alpha value is -0.730. The summed E-state index contributed by atoms with van der Waals surface area (Å²) < 4.78 is 0. The van der Waals surface area contributed by atoms with Gasteiger partial charge >= 0.3 is 6.03 Å². The minimum Gasteiger partial charge on any atom is -0.336 e. The molecule has 1 unspecified atom stereocenters. The molecule has 3 heteroatoms. The molecular weight excluding hydrogens is 200 g/mol. The predicted octanol–water partition coefficient (Wildman–Crippen LogP) is 2.86. The van der Waals surface area contributed by atoms with Crippen molar-refractivity contribution in [1.29, 1.82) is 0 Å². The first kappa shape index (κ1) is 13.3. The zero-order valence-electron chi connectivity index (χ0n) is 11.3. The maximum Gasteiger partial charge on any atom is 0.317 e. The minimum absolute atomic E-state index is 0.103. The predicted molar refractivity (Wildman–Crippen MR) is 67.4 cm³/mol. The van der Waals surface area contributed by atoms with Crippen molar-refractivity contribution in [2.45, 2.75) is 53.5 Å². The van der Waals surface area contributed by atoms with E-state index in [2.05, 4.69) is 26.1 Å². The van der Waals surface area contributed by atoms with Crippen molar-refractivity contribution in [1.82, 2.24) is 10.2 Å². The molecule has 1 aliphatic heterocycles. The van der Waals surface area contributed by atoms with Crippen molar-refractivity contribution >= 4 is 6.03 Å². The SMILES string of the molecule is CC(C)NC(=O)N1CCC(CC(C)(C)C)C1. The fourth-order valence-corrected chi connectivity index (χ4v) is 2.39. The number of urea groups is 1.